The first-order valence-electron chi connectivity index (χ1n) is 5.64. The van der Waals surface area contributed by atoms with Gasteiger partial charge in [0.1, 0.15) is 5.56 Å². The van der Waals surface area contributed by atoms with Crippen molar-refractivity contribution in [2.75, 3.05) is 0 Å². The Balaban J connectivity index is 2.51. The van der Waals surface area contributed by atoms with Crippen LogP contribution in [0.2, 0.25) is 0 Å². The monoisotopic (exact) mass is 228 g/mol. The molecule has 0 aliphatic heterocycles. The second-order valence-corrected chi connectivity index (χ2v) is 4.36. The van der Waals surface area contributed by atoms with E-state index in [1.54, 1.807) is 16.7 Å². The number of pyridine rings is 2. The Morgan fingerprint density at radius 1 is 1.29 bits per heavy atom. The van der Waals surface area contributed by atoms with Crippen molar-refractivity contribution in [3.05, 3.63) is 51.4 Å². The standard InChI is InChI=1S/C13H12N2O2/c14-12(16)10-7-9-4-1-3-8-5-2-6-15(11(8)9)13(10)17/h2,5-7H,1,3-4H2,(H2,14,16). The third-order valence-corrected chi connectivity index (χ3v) is 3.31. The molecular weight excluding hydrogens is 216 g/mol. The van der Waals surface area contributed by atoms with E-state index in [0.29, 0.717) is 0 Å². The Hall–Kier alpha value is -2.10. The first kappa shape index (κ1) is 10.1. The molecular formula is C13H12N2O2. The van der Waals surface area contributed by atoms with Crippen LogP contribution in [0.25, 0.3) is 5.52 Å². The molecule has 0 aromatic carbocycles. The van der Waals surface area contributed by atoms with Crippen molar-refractivity contribution in [2.24, 2.45) is 5.73 Å². The molecule has 2 heterocycles. The number of nitrogens with two attached hydrogens (primary N) is 1. The van der Waals surface area contributed by atoms with Crippen molar-refractivity contribution in [3.8, 4) is 0 Å². The van der Waals surface area contributed by atoms with Crippen LogP contribution in [-0.2, 0) is 12.8 Å². The van der Waals surface area contributed by atoms with Gasteiger partial charge in [-0.1, -0.05) is 6.07 Å². The van der Waals surface area contributed by atoms with E-state index in [1.165, 1.54) is 5.56 Å². The second kappa shape index (κ2) is 3.45. The van der Waals surface area contributed by atoms with Crippen LogP contribution in [0.15, 0.2) is 29.2 Å². The van der Waals surface area contributed by atoms with Gasteiger partial charge in [0, 0.05) is 6.20 Å². The number of aryl methyl sites for hydroxylation is 2. The van der Waals surface area contributed by atoms with Gasteiger partial charge in [0.15, 0.2) is 0 Å². The highest BCUT2D eigenvalue weighted by atomic mass is 16.2. The van der Waals surface area contributed by atoms with E-state index in [0.717, 1.165) is 30.3 Å². The molecule has 4 nitrogen and oxygen atoms in total. The fourth-order valence-corrected chi connectivity index (χ4v) is 2.56. The predicted molar refractivity (Wildman–Crippen MR) is 64.2 cm³/mol. The van der Waals surface area contributed by atoms with Crippen molar-refractivity contribution >= 4 is 11.4 Å². The van der Waals surface area contributed by atoms with Gasteiger partial charge in [0.05, 0.1) is 5.52 Å². The minimum Gasteiger partial charge on any atom is -0.365 e. The lowest BCUT2D eigenvalue weighted by Crippen LogP contribution is -2.28. The number of hydrogen-bond acceptors (Lipinski definition) is 2. The summed E-state index contributed by atoms with van der Waals surface area (Å²) in [6.45, 7) is 0. The van der Waals surface area contributed by atoms with Crippen LogP contribution in [0.3, 0.4) is 0 Å². The maximum absolute atomic E-state index is 12.1. The van der Waals surface area contributed by atoms with Gasteiger partial charge in [0.2, 0.25) is 0 Å². The summed E-state index contributed by atoms with van der Waals surface area (Å²) in [5, 5.41) is 0. The molecule has 2 N–H and O–H groups in total. The van der Waals surface area contributed by atoms with Gasteiger partial charge in [-0.05, 0) is 42.5 Å². The molecule has 0 atom stereocenters. The fraction of sp³-hybridized carbons (Fsp3) is 0.231. The maximum Gasteiger partial charge on any atom is 0.267 e. The average molecular weight is 228 g/mol. The molecule has 2 aromatic rings. The van der Waals surface area contributed by atoms with E-state index in [2.05, 4.69) is 0 Å². The molecule has 1 aliphatic carbocycles. The molecule has 4 heteroatoms. The van der Waals surface area contributed by atoms with E-state index in [9.17, 15) is 9.59 Å². The van der Waals surface area contributed by atoms with Gasteiger partial charge in [-0.2, -0.15) is 0 Å². The molecule has 0 radical (unpaired) electrons. The van der Waals surface area contributed by atoms with Crippen molar-refractivity contribution in [3.63, 3.8) is 0 Å². The summed E-state index contributed by atoms with van der Waals surface area (Å²) in [7, 11) is 0. The van der Waals surface area contributed by atoms with Gasteiger partial charge in [-0.3, -0.25) is 14.0 Å². The van der Waals surface area contributed by atoms with E-state index in [4.69, 9.17) is 5.73 Å². The molecule has 0 bridgehead atoms. The van der Waals surface area contributed by atoms with Crippen molar-refractivity contribution in [2.45, 2.75) is 19.3 Å². The quantitative estimate of drug-likeness (QED) is 0.787. The number of aromatic nitrogens is 1. The lowest BCUT2D eigenvalue weighted by Gasteiger charge is -2.18. The zero-order chi connectivity index (χ0) is 12.0. The average Bonchev–Trinajstić information content (AvgIpc) is 2.33. The van der Waals surface area contributed by atoms with Gasteiger partial charge < -0.3 is 5.73 Å². The first-order valence-corrected chi connectivity index (χ1v) is 5.64. The van der Waals surface area contributed by atoms with Crippen molar-refractivity contribution in [1.29, 1.82) is 0 Å². The number of rotatable bonds is 1. The number of primary amides is 1. The lowest BCUT2D eigenvalue weighted by atomic mass is 9.93. The van der Waals surface area contributed by atoms with Crippen LogP contribution in [0.4, 0.5) is 0 Å². The molecule has 3 rings (SSSR count). The fourth-order valence-electron chi connectivity index (χ4n) is 2.56. The summed E-state index contributed by atoms with van der Waals surface area (Å²) in [6.07, 6.45) is 4.61. The normalized spacial score (nSPS) is 13.9. The molecule has 0 saturated heterocycles. The van der Waals surface area contributed by atoms with Crippen molar-refractivity contribution in [1.82, 2.24) is 4.40 Å². The van der Waals surface area contributed by atoms with Crippen LogP contribution in [0, 0.1) is 0 Å². The van der Waals surface area contributed by atoms with Gasteiger partial charge in [-0.25, -0.2) is 0 Å². The molecule has 0 saturated carbocycles. The summed E-state index contributed by atoms with van der Waals surface area (Å²) >= 11 is 0. The summed E-state index contributed by atoms with van der Waals surface area (Å²) in [5.41, 5.74) is 8.16. The predicted octanol–water partition coefficient (Wildman–Crippen LogP) is 0.887. The highest BCUT2D eigenvalue weighted by Gasteiger charge is 2.17. The summed E-state index contributed by atoms with van der Waals surface area (Å²) < 4.78 is 1.55. The Kier molecular flexibility index (Phi) is 2.04. The number of nitrogens with zero attached hydrogens (tertiary/aromatic N) is 1. The van der Waals surface area contributed by atoms with Crippen molar-refractivity contribution < 1.29 is 4.79 Å². The number of amides is 1. The Labute approximate surface area is 97.7 Å². The van der Waals surface area contributed by atoms with Crippen LogP contribution in [0.1, 0.15) is 27.9 Å². The van der Waals surface area contributed by atoms with Gasteiger partial charge in [-0.15, -0.1) is 0 Å². The summed E-state index contributed by atoms with van der Waals surface area (Å²) in [5.74, 6) is -0.656. The summed E-state index contributed by atoms with van der Waals surface area (Å²) in [6, 6.07) is 5.52. The molecule has 2 aromatic heterocycles. The van der Waals surface area contributed by atoms with E-state index < -0.39 is 5.91 Å². The SMILES string of the molecule is NC(=O)c1cc2c3c(cccn3c1=O)CCC2. The van der Waals surface area contributed by atoms with Crippen LogP contribution in [0.5, 0.6) is 0 Å². The third-order valence-electron chi connectivity index (χ3n) is 3.31. The molecule has 0 fully saturated rings. The number of carbonyl (C=O) groups is 1. The Morgan fingerprint density at radius 2 is 2.06 bits per heavy atom. The molecule has 0 spiro atoms. The molecule has 17 heavy (non-hydrogen) atoms. The van der Waals surface area contributed by atoms with E-state index >= 15 is 0 Å². The largest absolute Gasteiger partial charge is 0.365 e. The molecule has 0 unspecified atom stereocenters. The molecule has 86 valence electrons. The minimum atomic E-state index is -0.656. The Bertz CT molecular complexity index is 686. The minimum absolute atomic E-state index is 0.0801. The van der Waals surface area contributed by atoms with E-state index in [1.807, 2.05) is 12.1 Å². The number of carbonyl (C=O) groups excluding carboxylic acids is 1. The van der Waals surface area contributed by atoms with Gasteiger partial charge >= 0.3 is 0 Å². The maximum atomic E-state index is 12.1. The highest BCUT2D eigenvalue weighted by molar-refractivity contribution is 5.93. The zero-order valence-electron chi connectivity index (χ0n) is 9.27. The zero-order valence-corrected chi connectivity index (χ0v) is 9.27. The van der Waals surface area contributed by atoms with Crippen LogP contribution < -0.4 is 11.3 Å². The first-order chi connectivity index (χ1) is 8.18. The smallest absolute Gasteiger partial charge is 0.267 e. The third kappa shape index (κ3) is 1.37. The molecule has 1 amide bonds. The van der Waals surface area contributed by atoms with E-state index in [-0.39, 0.29) is 11.1 Å². The topological polar surface area (TPSA) is 64.6 Å². The summed E-state index contributed by atoms with van der Waals surface area (Å²) in [4.78, 5) is 23.3. The Morgan fingerprint density at radius 3 is 2.82 bits per heavy atom. The second-order valence-electron chi connectivity index (χ2n) is 4.36. The lowest BCUT2D eigenvalue weighted by molar-refractivity contribution is 0.0998. The highest BCUT2D eigenvalue weighted by Crippen LogP contribution is 2.24. The van der Waals surface area contributed by atoms with Crippen LogP contribution >= 0.6 is 0 Å². The van der Waals surface area contributed by atoms with Gasteiger partial charge in [0.25, 0.3) is 11.5 Å². The molecule has 1 aliphatic rings. The van der Waals surface area contributed by atoms with Crippen LogP contribution in [-0.4, -0.2) is 10.3 Å². The number of hydrogen-bond donors (Lipinski definition) is 1.